The van der Waals surface area contributed by atoms with Gasteiger partial charge in [-0.3, -0.25) is 4.79 Å². The van der Waals surface area contributed by atoms with E-state index in [0.29, 0.717) is 44.5 Å². The summed E-state index contributed by atoms with van der Waals surface area (Å²) in [4.78, 5) is 25.3. The molecule has 14 heteroatoms. The van der Waals surface area contributed by atoms with Crippen LogP contribution < -0.4 is 15.7 Å². The molecule has 1 aromatic carbocycles. The number of alkyl halides is 3. The summed E-state index contributed by atoms with van der Waals surface area (Å²) in [6.45, 7) is 0.667. The van der Waals surface area contributed by atoms with Gasteiger partial charge in [-0.2, -0.15) is 0 Å². The number of amides is 1. The molecule has 0 radical (unpaired) electrons. The molecule has 1 saturated carbocycles. The average molecular weight is 541 g/mol. The number of nitrogens with zero attached hydrogens (tertiary/aromatic N) is 3. The van der Waals surface area contributed by atoms with Crippen LogP contribution in [-0.2, 0) is 21.1 Å². The van der Waals surface area contributed by atoms with Gasteiger partial charge in [-0.05, 0) is 49.9 Å². The number of sulfone groups is 1. The van der Waals surface area contributed by atoms with Crippen LogP contribution in [0.25, 0.3) is 5.65 Å². The van der Waals surface area contributed by atoms with Crippen molar-refractivity contribution in [2.24, 2.45) is 0 Å². The summed E-state index contributed by atoms with van der Waals surface area (Å²) < 4.78 is 75.9. The number of hydrogen-bond donors (Lipinski definition) is 1. The molecule has 2 aromatic heterocycles. The maximum atomic E-state index is 13.0. The van der Waals surface area contributed by atoms with Crippen molar-refractivity contribution in [3.8, 4) is 5.75 Å². The highest BCUT2D eigenvalue weighted by molar-refractivity contribution is 7.92. The fourth-order valence-electron chi connectivity index (χ4n) is 4.22. The standard InChI is InChI=1S/C23H23F3N4O6S/c24-23(25,26)36-19-11-18(37(33,34)17-4-5-17)3-1-14(19)12-27-21(31)15-2-6-20-28-30(22(32)29(20)13-15)16-7-9-35-10-8-16/h1-3,6,11,13,16-17H,4-5,7-10,12H2,(H,27,31). The van der Waals surface area contributed by atoms with E-state index in [4.69, 9.17) is 4.74 Å². The fourth-order valence-corrected chi connectivity index (χ4v) is 5.89. The first kappa shape index (κ1) is 25.3. The summed E-state index contributed by atoms with van der Waals surface area (Å²) in [5.74, 6) is -1.36. The first-order valence-electron chi connectivity index (χ1n) is 11.6. The summed E-state index contributed by atoms with van der Waals surface area (Å²) in [6, 6.07) is 6.05. The van der Waals surface area contributed by atoms with Crippen molar-refractivity contribution in [2.45, 2.75) is 54.8 Å². The van der Waals surface area contributed by atoms with Gasteiger partial charge < -0.3 is 14.8 Å². The Balaban J connectivity index is 1.36. The van der Waals surface area contributed by atoms with Crippen molar-refractivity contribution in [3.63, 3.8) is 0 Å². The van der Waals surface area contributed by atoms with Crippen LogP contribution in [0, 0.1) is 0 Å². The van der Waals surface area contributed by atoms with Crippen LogP contribution in [-0.4, -0.2) is 53.3 Å². The lowest BCUT2D eigenvalue weighted by molar-refractivity contribution is -0.275. The van der Waals surface area contributed by atoms with E-state index < -0.39 is 38.8 Å². The Labute approximate surface area is 208 Å². The minimum atomic E-state index is -5.06. The molecule has 0 spiro atoms. The van der Waals surface area contributed by atoms with Gasteiger partial charge in [-0.1, -0.05) is 6.07 Å². The molecule has 2 aliphatic rings. The van der Waals surface area contributed by atoms with Crippen LogP contribution in [0.4, 0.5) is 13.2 Å². The van der Waals surface area contributed by atoms with Crippen LogP contribution >= 0.6 is 0 Å². The number of nitrogens with one attached hydrogen (secondary N) is 1. The average Bonchev–Trinajstić information content (AvgIpc) is 3.67. The van der Waals surface area contributed by atoms with Crippen molar-refractivity contribution in [2.75, 3.05) is 13.2 Å². The van der Waals surface area contributed by atoms with Crippen molar-refractivity contribution >= 4 is 21.4 Å². The highest BCUT2D eigenvalue weighted by atomic mass is 32.2. The molecule has 37 heavy (non-hydrogen) atoms. The van der Waals surface area contributed by atoms with Gasteiger partial charge in [0, 0.05) is 31.5 Å². The molecule has 1 N–H and O–H groups in total. The number of rotatable bonds is 7. The quantitative estimate of drug-likeness (QED) is 0.489. The molecule has 1 amide bonds. The number of benzene rings is 1. The Bertz CT molecular complexity index is 1500. The summed E-state index contributed by atoms with van der Waals surface area (Å²) in [7, 11) is -3.75. The first-order chi connectivity index (χ1) is 17.5. The van der Waals surface area contributed by atoms with Gasteiger partial charge in [0.05, 0.1) is 21.8 Å². The van der Waals surface area contributed by atoms with Gasteiger partial charge in [0.1, 0.15) is 5.75 Å². The molecule has 0 bridgehead atoms. The van der Waals surface area contributed by atoms with Crippen molar-refractivity contribution in [1.29, 1.82) is 0 Å². The van der Waals surface area contributed by atoms with E-state index in [0.717, 1.165) is 6.07 Å². The van der Waals surface area contributed by atoms with E-state index in [1.807, 2.05) is 0 Å². The monoisotopic (exact) mass is 540 g/mol. The molecule has 2 fully saturated rings. The number of aromatic nitrogens is 3. The fraction of sp³-hybridized carbons (Fsp3) is 0.435. The lowest BCUT2D eigenvalue weighted by Gasteiger charge is -2.20. The largest absolute Gasteiger partial charge is 0.573 e. The van der Waals surface area contributed by atoms with Crippen molar-refractivity contribution < 1.29 is 35.9 Å². The number of halogens is 3. The lowest BCUT2D eigenvalue weighted by atomic mass is 10.1. The van der Waals surface area contributed by atoms with Crippen LogP contribution in [0.15, 0.2) is 46.2 Å². The zero-order valence-electron chi connectivity index (χ0n) is 19.4. The third-order valence-corrected chi connectivity index (χ3v) is 8.59. The molecule has 198 valence electrons. The number of fused-ring (bicyclic) bond motifs is 1. The number of hydrogen-bond acceptors (Lipinski definition) is 7. The van der Waals surface area contributed by atoms with Crippen LogP contribution in [0.5, 0.6) is 5.75 Å². The summed E-state index contributed by atoms with van der Waals surface area (Å²) in [5, 5.41) is 6.22. The van der Waals surface area contributed by atoms with Gasteiger partial charge in [0.25, 0.3) is 5.91 Å². The zero-order chi connectivity index (χ0) is 26.4. The van der Waals surface area contributed by atoms with Gasteiger partial charge in [-0.15, -0.1) is 18.3 Å². The Morgan fingerprint density at radius 1 is 1.14 bits per heavy atom. The Morgan fingerprint density at radius 2 is 1.86 bits per heavy atom. The second kappa shape index (κ2) is 9.49. The second-order valence-electron chi connectivity index (χ2n) is 8.96. The van der Waals surface area contributed by atoms with E-state index in [-0.39, 0.29) is 28.6 Å². The number of ether oxygens (including phenoxy) is 2. The Hall–Kier alpha value is -3.39. The number of pyridine rings is 1. The third-order valence-electron chi connectivity index (χ3n) is 6.33. The summed E-state index contributed by atoms with van der Waals surface area (Å²) in [5.41, 5.74) is -0.0374. The maximum Gasteiger partial charge on any atom is 0.573 e. The van der Waals surface area contributed by atoms with Crippen molar-refractivity contribution in [3.05, 3.63) is 58.1 Å². The summed E-state index contributed by atoms with van der Waals surface area (Å²) in [6.07, 6.45) is -1.56. The predicted octanol–water partition coefficient (Wildman–Crippen LogP) is 2.61. The molecule has 0 unspecified atom stereocenters. The Morgan fingerprint density at radius 3 is 2.54 bits per heavy atom. The highest BCUT2D eigenvalue weighted by Gasteiger charge is 2.38. The van der Waals surface area contributed by atoms with Crippen molar-refractivity contribution in [1.82, 2.24) is 19.5 Å². The molecule has 10 nitrogen and oxygen atoms in total. The van der Waals surface area contributed by atoms with Gasteiger partial charge >= 0.3 is 12.1 Å². The minimum Gasteiger partial charge on any atom is -0.405 e. The summed E-state index contributed by atoms with van der Waals surface area (Å²) >= 11 is 0. The number of carbonyl (C=O) groups is 1. The van der Waals surface area contributed by atoms with Gasteiger partial charge in [0.2, 0.25) is 0 Å². The Kier molecular flexibility index (Phi) is 6.48. The molecule has 3 aromatic rings. The second-order valence-corrected chi connectivity index (χ2v) is 11.2. The topological polar surface area (TPSA) is 121 Å². The van der Waals surface area contributed by atoms with Crippen LogP contribution in [0.2, 0.25) is 0 Å². The SMILES string of the molecule is O=C(NCc1ccc(S(=O)(=O)C2CC2)cc1OC(F)(F)F)c1ccc2nn(C3CCOCC3)c(=O)n2c1. The number of carbonyl (C=O) groups excluding carboxylic acids is 1. The van der Waals surface area contributed by atoms with Crippen LogP contribution in [0.3, 0.4) is 0 Å². The van der Waals surface area contributed by atoms with E-state index in [9.17, 15) is 31.2 Å². The third kappa shape index (κ3) is 5.34. The van der Waals surface area contributed by atoms with E-state index >= 15 is 0 Å². The molecule has 1 aliphatic heterocycles. The van der Waals surface area contributed by atoms with E-state index in [2.05, 4.69) is 15.2 Å². The van der Waals surface area contributed by atoms with E-state index in [1.54, 1.807) is 0 Å². The first-order valence-corrected chi connectivity index (χ1v) is 13.2. The smallest absolute Gasteiger partial charge is 0.405 e. The molecule has 1 aliphatic carbocycles. The molecule has 3 heterocycles. The molecule has 1 saturated heterocycles. The zero-order valence-corrected chi connectivity index (χ0v) is 20.2. The normalized spacial score (nSPS) is 17.2. The minimum absolute atomic E-state index is 0.0639. The van der Waals surface area contributed by atoms with Crippen LogP contribution in [0.1, 0.15) is 47.6 Å². The van der Waals surface area contributed by atoms with E-state index in [1.165, 1.54) is 39.5 Å². The van der Waals surface area contributed by atoms with Gasteiger partial charge in [-0.25, -0.2) is 22.3 Å². The molecular weight excluding hydrogens is 517 g/mol. The maximum absolute atomic E-state index is 13.0. The van der Waals surface area contributed by atoms with Gasteiger partial charge in [0.15, 0.2) is 15.5 Å². The highest BCUT2D eigenvalue weighted by Crippen LogP contribution is 2.36. The molecular formula is C23H23F3N4O6S. The molecule has 5 rings (SSSR count). The predicted molar refractivity (Wildman–Crippen MR) is 123 cm³/mol. The molecule has 0 atom stereocenters. The lowest BCUT2D eigenvalue weighted by Crippen LogP contribution is -2.30.